The first-order chi connectivity index (χ1) is 12.2. The van der Waals surface area contributed by atoms with Gasteiger partial charge in [-0.3, -0.25) is 4.79 Å². The molecule has 0 aliphatic rings. The Bertz CT molecular complexity index is 921. The van der Waals surface area contributed by atoms with Gasteiger partial charge in [-0.15, -0.1) is 0 Å². The zero-order valence-corrected chi connectivity index (χ0v) is 15.3. The monoisotopic (exact) mass is 396 g/mol. The maximum Gasteiger partial charge on any atom is 0.244 e. The molecular formula is C20H17BrN2O2. The lowest BCUT2D eigenvalue weighted by Gasteiger charge is -2.08. The summed E-state index contributed by atoms with van der Waals surface area (Å²) in [6.45, 7) is 0. The van der Waals surface area contributed by atoms with E-state index >= 15 is 0 Å². The van der Waals surface area contributed by atoms with Crippen molar-refractivity contribution >= 4 is 38.8 Å². The summed E-state index contributed by atoms with van der Waals surface area (Å²) in [5, 5.41) is 6.21. The second-order valence-electron chi connectivity index (χ2n) is 5.50. The van der Waals surface area contributed by atoms with Crippen LogP contribution in [-0.4, -0.2) is 19.2 Å². The Morgan fingerprint density at radius 1 is 1.12 bits per heavy atom. The third kappa shape index (κ3) is 4.25. The lowest BCUT2D eigenvalue weighted by molar-refractivity contribution is -0.120. The fourth-order valence-electron chi connectivity index (χ4n) is 2.58. The Kier molecular flexibility index (Phi) is 5.46. The van der Waals surface area contributed by atoms with Crippen LogP contribution in [0.1, 0.15) is 11.1 Å². The third-order valence-corrected chi connectivity index (χ3v) is 4.34. The molecule has 0 spiro atoms. The van der Waals surface area contributed by atoms with Gasteiger partial charge in [-0.2, -0.15) is 5.10 Å². The van der Waals surface area contributed by atoms with Crippen LogP contribution in [0, 0.1) is 0 Å². The highest BCUT2D eigenvalue weighted by atomic mass is 79.9. The van der Waals surface area contributed by atoms with Crippen LogP contribution < -0.4 is 10.2 Å². The number of benzene rings is 3. The van der Waals surface area contributed by atoms with E-state index < -0.39 is 0 Å². The number of methoxy groups -OCH3 is 1. The van der Waals surface area contributed by atoms with E-state index in [9.17, 15) is 4.79 Å². The lowest BCUT2D eigenvalue weighted by atomic mass is 10.0. The van der Waals surface area contributed by atoms with E-state index in [0.717, 1.165) is 26.4 Å². The van der Waals surface area contributed by atoms with Crippen molar-refractivity contribution in [2.24, 2.45) is 5.10 Å². The van der Waals surface area contributed by atoms with Crippen molar-refractivity contribution in [3.8, 4) is 5.75 Å². The first kappa shape index (κ1) is 17.2. The van der Waals surface area contributed by atoms with Crippen molar-refractivity contribution in [3.05, 3.63) is 76.3 Å². The molecule has 126 valence electrons. The number of rotatable bonds is 5. The molecule has 0 atom stereocenters. The molecule has 0 fully saturated rings. The number of hydrogen-bond acceptors (Lipinski definition) is 3. The molecule has 0 aromatic heterocycles. The molecule has 3 rings (SSSR count). The van der Waals surface area contributed by atoms with Gasteiger partial charge in [0.25, 0.3) is 0 Å². The minimum atomic E-state index is -0.169. The smallest absolute Gasteiger partial charge is 0.244 e. The molecule has 0 aliphatic heterocycles. The standard InChI is InChI=1S/C20H17BrN2O2/c1-25-19-11-8-15-4-2-3-5-17(15)18(19)13-22-23-20(24)12-14-6-9-16(21)10-7-14/h2-11,13H,12H2,1H3,(H,23,24)/b22-13-. The minimum absolute atomic E-state index is 0.169. The summed E-state index contributed by atoms with van der Waals surface area (Å²) in [6.07, 6.45) is 1.90. The number of carbonyl (C=O) groups is 1. The van der Waals surface area contributed by atoms with E-state index in [-0.39, 0.29) is 12.3 Å². The average molecular weight is 397 g/mol. The number of nitrogens with zero attached hydrogens (tertiary/aromatic N) is 1. The minimum Gasteiger partial charge on any atom is -0.496 e. The van der Waals surface area contributed by atoms with Crippen molar-refractivity contribution in [2.45, 2.75) is 6.42 Å². The Balaban J connectivity index is 1.74. The lowest BCUT2D eigenvalue weighted by Crippen LogP contribution is -2.19. The van der Waals surface area contributed by atoms with Crippen molar-refractivity contribution in [2.75, 3.05) is 7.11 Å². The number of halogens is 1. The highest BCUT2D eigenvalue weighted by Gasteiger charge is 2.06. The Morgan fingerprint density at radius 2 is 1.88 bits per heavy atom. The van der Waals surface area contributed by atoms with Crippen LogP contribution in [0.4, 0.5) is 0 Å². The first-order valence-corrected chi connectivity index (χ1v) is 8.59. The summed E-state index contributed by atoms with van der Waals surface area (Å²) in [5.74, 6) is 0.544. The molecule has 0 aliphatic carbocycles. The van der Waals surface area contributed by atoms with E-state index in [1.165, 1.54) is 0 Å². The molecule has 0 unspecified atom stereocenters. The van der Waals surface area contributed by atoms with Crippen LogP contribution >= 0.6 is 15.9 Å². The Morgan fingerprint density at radius 3 is 2.64 bits per heavy atom. The zero-order valence-electron chi connectivity index (χ0n) is 13.7. The van der Waals surface area contributed by atoms with Crippen molar-refractivity contribution in [1.82, 2.24) is 5.43 Å². The molecule has 0 saturated heterocycles. The summed E-state index contributed by atoms with van der Waals surface area (Å²) in [5.41, 5.74) is 4.34. The average Bonchev–Trinajstić information content (AvgIpc) is 2.63. The highest BCUT2D eigenvalue weighted by molar-refractivity contribution is 9.10. The van der Waals surface area contributed by atoms with E-state index in [1.54, 1.807) is 13.3 Å². The van der Waals surface area contributed by atoms with Crippen molar-refractivity contribution in [1.29, 1.82) is 0 Å². The second-order valence-corrected chi connectivity index (χ2v) is 6.41. The summed E-state index contributed by atoms with van der Waals surface area (Å²) >= 11 is 3.38. The quantitative estimate of drug-likeness (QED) is 0.516. The number of ether oxygens (including phenoxy) is 1. The number of amides is 1. The summed E-state index contributed by atoms with van der Waals surface area (Å²) in [4.78, 5) is 12.0. The molecule has 1 N–H and O–H groups in total. The van der Waals surface area contributed by atoms with Crippen LogP contribution in [0.3, 0.4) is 0 Å². The Hall–Kier alpha value is -2.66. The zero-order chi connectivity index (χ0) is 17.6. The second kappa shape index (κ2) is 7.94. The van der Waals surface area contributed by atoms with Crippen LogP contribution in [0.2, 0.25) is 0 Å². The van der Waals surface area contributed by atoms with E-state index in [0.29, 0.717) is 5.75 Å². The molecule has 3 aromatic carbocycles. The summed E-state index contributed by atoms with van der Waals surface area (Å²) < 4.78 is 6.39. The summed E-state index contributed by atoms with van der Waals surface area (Å²) in [6, 6.07) is 19.5. The number of hydrogen-bond donors (Lipinski definition) is 1. The maximum atomic E-state index is 12.0. The van der Waals surface area contributed by atoms with Crippen LogP contribution in [0.5, 0.6) is 5.75 Å². The van der Waals surface area contributed by atoms with Crippen LogP contribution in [-0.2, 0) is 11.2 Å². The first-order valence-electron chi connectivity index (χ1n) is 7.79. The molecule has 25 heavy (non-hydrogen) atoms. The van der Waals surface area contributed by atoms with E-state index in [2.05, 4.69) is 26.5 Å². The van der Waals surface area contributed by atoms with E-state index in [4.69, 9.17) is 4.74 Å². The van der Waals surface area contributed by atoms with Gasteiger partial charge in [0.1, 0.15) is 5.75 Å². The number of carbonyl (C=O) groups excluding carboxylic acids is 1. The Labute approximate surface area is 154 Å². The fraction of sp³-hybridized carbons (Fsp3) is 0.100. The van der Waals surface area contributed by atoms with Gasteiger partial charge >= 0.3 is 0 Å². The van der Waals surface area contributed by atoms with Crippen LogP contribution in [0.15, 0.2) is 70.2 Å². The molecule has 5 heteroatoms. The molecule has 4 nitrogen and oxygen atoms in total. The van der Waals surface area contributed by atoms with Crippen molar-refractivity contribution < 1.29 is 9.53 Å². The molecule has 3 aromatic rings. The van der Waals surface area contributed by atoms with Gasteiger partial charge in [0, 0.05) is 10.0 Å². The van der Waals surface area contributed by atoms with Gasteiger partial charge in [0.15, 0.2) is 0 Å². The molecule has 0 saturated carbocycles. The third-order valence-electron chi connectivity index (χ3n) is 3.81. The number of nitrogens with one attached hydrogen (secondary N) is 1. The van der Waals surface area contributed by atoms with Gasteiger partial charge in [-0.25, -0.2) is 5.43 Å². The predicted molar refractivity (Wildman–Crippen MR) is 104 cm³/mol. The van der Waals surface area contributed by atoms with Gasteiger partial charge in [-0.1, -0.05) is 58.4 Å². The molecule has 0 bridgehead atoms. The largest absolute Gasteiger partial charge is 0.496 e. The SMILES string of the molecule is COc1ccc2ccccc2c1/C=N\NC(=O)Cc1ccc(Br)cc1. The van der Waals surface area contributed by atoms with Crippen LogP contribution in [0.25, 0.3) is 10.8 Å². The topological polar surface area (TPSA) is 50.7 Å². The summed E-state index contributed by atoms with van der Waals surface area (Å²) in [7, 11) is 1.62. The van der Waals surface area contributed by atoms with Gasteiger partial charge < -0.3 is 4.74 Å². The van der Waals surface area contributed by atoms with Gasteiger partial charge in [-0.05, 0) is 34.5 Å². The highest BCUT2D eigenvalue weighted by Crippen LogP contribution is 2.26. The molecule has 1 amide bonds. The normalized spacial score (nSPS) is 11.0. The molecule has 0 radical (unpaired) electrons. The molecule has 0 heterocycles. The fourth-order valence-corrected chi connectivity index (χ4v) is 2.85. The number of fused-ring (bicyclic) bond motifs is 1. The van der Waals surface area contributed by atoms with Crippen molar-refractivity contribution in [3.63, 3.8) is 0 Å². The number of hydrazone groups is 1. The van der Waals surface area contributed by atoms with E-state index in [1.807, 2.05) is 60.7 Å². The van der Waals surface area contributed by atoms with Gasteiger partial charge in [0.2, 0.25) is 5.91 Å². The van der Waals surface area contributed by atoms with Gasteiger partial charge in [0.05, 0.1) is 19.7 Å². The maximum absolute atomic E-state index is 12.0. The molecular weight excluding hydrogens is 380 g/mol. The predicted octanol–water partition coefficient (Wildman–Crippen LogP) is 4.30.